The average molecular weight is 333 g/mol. The quantitative estimate of drug-likeness (QED) is 0.709. The van der Waals surface area contributed by atoms with Crippen molar-refractivity contribution in [1.82, 2.24) is 4.98 Å². The van der Waals surface area contributed by atoms with E-state index in [4.69, 9.17) is 5.11 Å². The Morgan fingerprint density at radius 2 is 1.67 bits per heavy atom. The molecule has 0 spiro atoms. The molecule has 1 unspecified atom stereocenters. The van der Waals surface area contributed by atoms with Crippen LogP contribution in [0.25, 0.3) is 22.2 Å². The number of H-pyrrole nitrogens is 1. The summed E-state index contributed by atoms with van der Waals surface area (Å²) in [5.41, 5.74) is 1.42. The topological polar surface area (TPSA) is 53.1 Å². The number of halogens is 3. The van der Waals surface area contributed by atoms with Crippen LogP contribution in [0.3, 0.4) is 0 Å². The Balaban J connectivity index is 2.29. The third kappa shape index (κ3) is 2.99. The van der Waals surface area contributed by atoms with Gasteiger partial charge in [0.25, 0.3) is 0 Å². The van der Waals surface area contributed by atoms with Gasteiger partial charge in [0.1, 0.15) is 0 Å². The fourth-order valence-corrected chi connectivity index (χ4v) is 2.91. The molecular weight excluding hydrogens is 319 g/mol. The van der Waals surface area contributed by atoms with Crippen molar-refractivity contribution in [3.05, 3.63) is 60.2 Å². The number of nitrogens with one attached hydrogen (secondary N) is 1. The first-order valence-corrected chi connectivity index (χ1v) is 7.32. The molecule has 2 aromatic carbocycles. The number of aliphatic carboxylic acids is 1. The summed E-state index contributed by atoms with van der Waals surface area (Å²) in [7, 11) is 0. The molecule has 0 aliphatic carbocycles. The van der Waals surface area contributed by atoms with Gasteiger partial charge in [-0.1, -0.05) is 48.5 Å². The highest BCUT2D eigenvalue weighted by Gasteiger charge is 2.44. The van der Waals surface area contributed by atoms with Crippen LogP contribution in [0, 0.1) is 0 Å². The van der Waals surface area contributed by atoms with Crippen LogP contribution in [0.4, 0.5) is 13.2 Å². The number of benzene rings is 2. The van der Waals surface area contributed by atoms with Gasteiger partial charge < -0.3 is 10.1 Å². The number of carboxylic acids is 1. The van der Waals surface area contributed by atoms with Crippen molar-refractivity contribution < 1.29 is 23.1 Å². The summed E-state index contributed by atoms with van der Waals surface area (Å²) in [4.78, 5) is 14.0. The Labute approximate surface area is 135 Å². The minimum absolute atomic E-state index is 0.0216. The number of carbonyl (C=O) groups is 1. The molecule has 0 amide bonds. The highest BCUT2D eigenvalue weighted by molar-refractivity contribution is 5.92. The predicted octanol–water partition coefficient (Wildman–Crippen LogP) is 4.96. The van der Waals surface area contributed by atoms with Crippen molar-refractivity contribution in [2.45, 2.75) is 18.5 Å². The van der Waals surface area contributed by atoms with Crippen LogP contribution in [-0.4, -0.2) is 22.2 Å². The van der Waals surface area contributed by atoms with E-state index in [0.717, 1.165) is 0 Å². The Kier molecular flexibility index (Phi) is 4.05. The number of aromatic nitrogens is 1. The number of aromatic amines is 1. The second kappa shape index (κ2) is 6.03. The molecular formula is C18H14F3NO2. The van der Waals surface area contributed by atoms with Gasteiger partial charge >= 0.3 is 12.1 Å². The minimum atomic E-state index is -4.66. The molecule has 0 bridgehead atoms. The number of hydrogen-bond donors (Lipinski definition) is 2. The van der Waals surface area contributed by atoms with E-state index in [1.165, 1.54) is 0 Å². The normalized spacial score (nSPS) is 13.1. The van der Waals surface area contributed by atoms with E-state index in [1.54, 1.807) is 54.6 Å². The van der Waals surface area contributed by atoms with Gasteiger partial charge in [-0.05, 0) is 17.2 Å². The van der Waals surface area contributed by atoms with Crippen molar-refractivity contribution in [3.8, 4) is 11.3 Å². The summed E-state index contributed by atoms with van der Waals surface area (Å²) >= 11 is 0. The minimum Gasteiger partial charge on any atom is -0.481 e. The fourth-order valence-electron chi connectivity index (χ4n) is 2.91. The second-order valence-electron chi connectivity index (χ2n) is 5.52. The SMILES string of the molecule is O=C(O)CC(c1c(-c2ccccc2)[nH]c2ccccc12)C(F)(F)F. The molecule has 1 aromatic heterocycles. The monoisotopic (exact) mass is 333 g/mol. The van der Waals surface area contributed by atoms with E-state index in [2.05, 4.69) is 4.98 Å². The molecule has 3 rings (SSSR count). The number of para-hydroxylation sites is 1. The highest BCUT2D eigenvalue weighted by Crippen LogP contribution is 2.45. The van der Waals surface area contributed by atoms with Gasteiger partial charge in [-0.15, -0.1) is 0 Å². The molecule has 1 heterocycles. The molecule has 2 N–H and O–H groups in total. The van der Waals surface area contributed by atoms with Gasteiger partial charge in [0.15, 0.2) is 0 Å². The van der Waals surface area contributed by atoms with Gasteiger partial charge in [-0.25, -0.2) is 0 Å². The number of carboxylic acid groups (broad SMARTS) is 1. The lowest BCUT2D eigenvalue weighted by atomic mass is 9.90. The van der Waals surface area contributed by atoms with Crippen LogP contribution in [-0.2, 0) is 4.79 Å². The summed E-state index contributed by atoms with van der Waals surface area (Å²) in [5.74, 6) is -3.57. The standard InChI is InChI=1S/C18H14F3NO2/c19-18(20,21)13(10-15(23)24)16-12-8-4-5-9-14(12)22-17(16)11-6-2-1-3-7-11/h1-9,13,22H,10H2,(H,23,24). The number of hydrogen-bond acceptors (Lipinski definition) is 1. The largest absolute Gasteiger partial charge is 0.481 e. The summed E-state index contributed by atoms with van der Waals surface area (Å²) in [5, 5.41) is 9.36. The van der Waals surface area contributed by atoms with Gasteiger partial charge in [0, 0.05) is 10.9 Å². The molecule has 0 saturated heterocycles. The Morgan fingerprint density at radius 3 is 2.29 bits per heavy atom. The number of fused-ring (bicyclic) bond motifs is 1. The summed E-state index contributed by atoms with van der Waals surface area (Å²) in [6, 6.07) is 15.2. The summed E-state index contributed by atoms with van der Waals surface area (Å²) in [6.07, 6.45) is -5.67. The molecule has 3 nitrogen and oxygen atoms in total. The van der Waals surface area contributed by atoms with Crippen LogP contribution < -0.4 is 0 Å². The maximum Gasteiger partial charge on any atom is 0.396 e. The smallest absolute Gasteiger partial charge is 0.396 e. The van der Waals surface area contributed by atoms with Crippen LogP contribution in [0.5, 0.6) is 0 Å². The van der Waals surface area contributed by atoms with E-state index >= 15 is 0 Å². The van der Waals surface area contributed by atoms with Gasteiger partial charge in [0.2, 0.25) is 0 Å². The van der Waals surface area contributed by atoms with Crippen molar-refractivity contribution in [2.75, 3.05) is 0 Å². The lowest BCUT2D eigenvalue weighted by Gasteiger charge is -2.20. The molecule has 0 radical (unpaired) electrons. The number of rotatable bonds is 4. The van der Waals surface area contributed by atoms with Gasteiger partial charge in [0.05, 0.1) is 18.0 Å². The second-order valence-corrected chi connectivity index (χ2v) is 5.52. The maximum atomic E-state index is 13.6. The summed E-state index contributed by atoms with van der Waals surface area (Å²) < 4.78 is 40.8. The number of alkyl halides is 3. The third-order valence-electron chi connectivity index (χ3n) is 3.93. The van der Waals surface area contributed by atoms with Crippen LogP contribution >= 0.6 is 0 Å². The van der Waals surface area contributed by atoms with Gasteiger partial charge in [-0.3, -0.25) is 4.79 Å². The fraction of sp³-hybridized carbons (Fsp3) is 0.167. The van der Waals surface area contributed by atoms with Crippen molar-refractivity contribution in [3.63, 3.8) is 0 Å². The van der Waals surface area contributed by atoms with Crippen molar-refractivity contribution in [2.24, 2.45) is 0 Å². The van der Waals surface area contributed by atoms with Crippen molar-refractivity contribution in [1.29, 1.82) is 0 Å². The Morgan fingerprint density at radius 1 is 1.04 bits per heavy atom. The molecule has 0 fully saturated rings. The maximum absolute atomic E-state index is 13.6. The lowest BCUT2D eigenvalue weighted by Crippen LogP contribution is -2.24. The molecule has 6 heteroatoms. The van der Waals surface area contributed by atoms with E-state index in [0.29, 0.717) is 22.2 Å². The van der Waals surface area contributed by atoms with Crippen LogP contribution in [0.15, 0.2) is 54.6 Å². The summed E-state index contributed by atoms with van der Waals surface area (Å²) in [6.45, 7) is 0. The van der Waals surface area contributed by atoms with Gasteiger partial charge in [-0.2, -0.15) is 13.2 Å². The predicted molar refractivity (Wildman–Crippen MR) is 84.8 cm³/mol. The molecule has 0 saturated carbocycles. The molecule has 124 valence electrons. The zero-order valence-corrected chi connectivity index (χ0v) is 12.5. The van der Waals surface area contributed by atoms with E-state index in [-0.39, 0.29) is 5.56 Å². The van der Waals surface area contributed by atoms with E-state index in [9.17, 15) is 18.0 Å². The lowest BCUT2D eigenvalue weighted by molar-refractivity contribution is -0.163. The zero-order chi connectivity index (χ0) is 17.3. The molecule has 24 heavy (non-hydrogen) atoms. The van der Waals surface area contributed by atoms with E-state index < -0.39 is 24.5 Å². The highest BCUT2D eigenvalue weighted by atomic mass is 19.4. The Bertz CT molecular complexity index is 869. The Hall–Kier alpha value is -2.76. The molecule has 0 aliphatic heterocycles. The van der Waals surface area contributed by atoms with Crippen molar-refractivity contribution >= 4 is 16.9 Å². The van der Waals surface area contributed by atoms with E-state index in [1.807, 2.05) is 0 Å². The third-order valence-corrected chi connectivity index (χ3v) is 3.93. The molecule has 3 aromatic rings. The molecule has 0 aliphatic rings. The van der Waals surface area contributed by atoms with Crippen LogP contribution in [0.1, 0.15) is 17.9 Å². The zero-order valence-electron chi connectivity index (χ0n) is 12.5. The molecule has 1 atom stereocenters. The average Bonchev–Trinajstić information content (AvgIpc) is 2.91. The first kappa shape index (κ1) is 16.1. The first-order chi connectivity index (χ1) is 11.4. The van der Waals surface area contributed by atoms with Crippen LogP contribution in [0.2, 0.25) is 0 Å². The first-order valence-electron chi connectivity index (χ1n) is 7.32.